The van der Waals surface area contributed by atoms with E-state index >= 15 is 0 Å². The van der Waals surface area contributed by atoms with Gasteiger partial charge in [0.2, 0.25) is 0 Å². The maximum absolute atomic E-state index is 12.0. The van der Waals surface area contributed by atoms with Crippen molar-refractivity contribution in [3.8, 4) is 0 Å². The van der Waals surface area contributed by atoms with Crippen LogP contribution in [0.25, 0.3) is 30.9 Å². The summed E-state index contributed by atoms with van der Waals surface area (Å²) < 4.78 is 1.99. The zero-order valence-corrected chi connectivity index (χ0v) is 11.0. The Labute approximate surface area is 115 Å². The smallest absolute Gasteiger partial charge is 0.272 e. The molecule has 4 N–H and O–H groups in total. The maximum atomic E-state index is 12.0. The Kier molecular flexibility index (Phi) is 2.08. The monoisotopic (exact) mass is 283 g/mol. The van der Waals surface area contributed by atoms with E-state index in [9.17, 15) is 9.59 Å². The minimum atomic E-state index is -0.380. The van der Waals surface area contributed by atoms with Crippen molar-refractivity contribution < 1.29 is 0 Å². The van der Waals surface area contributed by atoms with E-state index in [1.54, 1.807) is 17.4 Å². The number of rotatable bonds is 0. The Morgan fingerprint density at radius 2 is 1.65 bits per heavy atom. The van der Waals surface area contributed by atoms with Crippen LogP contribution in [0.5, 0.6) is 0 Å². The molecule has 0 atom stereocenters. The highest BCUT2D eigenvalue weighted by Gasteiger charge is 2.14. The van der Waals surface area contributed by atoms with Gasteiger partial charge in [0.15, 0.2) is 0 Å². The minimum absolute atomic E-state index is 0.254. The summed E-state index contributed by atoms with van der Waals surface area (Å²) in [5.74, 6) is 0. The lowest BCUT2D eigenvalue weighted by Gasteiger charge is -2.02. The van der Waals surface area contributed by atoms with Gasteiger partial charge < -0.3 is 5.73 Å². The van der Waals surface area contributed by atoms with Crippen LogP contribution in [0.3, 0.4) is 0 Å². The fraction of sp³-hybridized carbons (Fsp3) is 0. The number of fused-ring (bicyclic) bond motifs is 4. The highest BCUT2D eigenvalue weighted by molar-refractivity contribution is 7.26. The number of nitrogens with two attached hydrogens (primary N) is 1. The van der Waals surface area contributed by atoms with Gasteiger partial charge in [0.05, 0.1) is 16.5 Å². The molecular weight excluding hydrogens is 274 g/mol. The van der Waals surface area contributed by atoms with Crippen LogP contribution < -0.4 is 16.9 Å². The predicted octanol–water partition coefficient (Wildman–Crippen LogP) is 2.17. The topological polar surface area (TPSA) is 91.7 Å². The largest absolute Gasteiger partial charge is 0.398 e. The predicted molar refractivity (Wildman–Crippen MR) is 82.5 cm³/mol. The van der Waals surface area contributed by atoms with Crippen LogP contribution in [0.1, 0.15) is 0 Å². The summed E-state index contributed by atoms with van der Waals surface area (Å²) in [6.07, 6.45) is 0. The van der Waals surface area contributed by atoms with Crippen LogP contribution in [0.2, 0.25) is 0 Å². The van der Waals surface area contributed by atoms with Crippen molar-refractivity contribution in [2.45, 2.75) is 0 Å². The van der Waals surface area contributed by atoms with E-state index in [4.69, 9.17) is 5.73 Å². The normalized spacial score (nSPS) is 11.6. The molecule has 0 radical (unpaired) electrons. The molecule has 0 saturated heterocycles. The number of anilines is 1. The van der Waals surface area contributed by atoms with E-state index in [-0.39, 0.29) is 16.5 Å². The molecule has 2 aromatic heterocycles. The zero-order valence-electron chi connectivity index (χ0n) is 10.2. The van der Waals surface area contributed by atoms with E-state index in [1.165, 1.54) is 0 Å². The first-order chi connectivity index (χ1) is 9.66. The zero-order chi connectivity index (χ0) is 13.9. The number of thiophene rings is 1. The third-order valence-corrected chi connectivity index (χ3v) is 4.59. The highest BCUT2D eigenvalue weighted by Crippen LogP contribution is 2.39. The molecule has 5 nitrogen and oxygen atoms in total. The molecule has 4 rings (SSSR count). The molecule has 0 saturated carbocycles. The third-order valence-electron chi connectivity index (χ3n) is 3.47. The van der Waals surface area contributed by atoms with Crippen molar-refractivity contribution in [1.29, 1.82) is 0 Å². The summed E-state index contributed by atoms with van der Waals surface area (Å²) in [6.45, 7) is 0. The lowest BCUT2D eigenvalue weighted by atomic mass is 10.1. The molecule has 20 heavy (non-hydrogen) atoms. The van der Waals surface area contributed by atoms with E-state index in [1.807, 2.05) is 24.3 Å². The van der Waals surface area contributed by atoms with Crippen LogP contribution in [-0.4, -0.2) is 10.2 Å². The number of hydrogen-bond acceptors (Lipinski definition) is 4. The Bertz CT molecular complexity index is 1100. The molecule has 0 aliphatic rings. The fourth-order valence-electron chi connectivity index (χ4n) is 2.58. The third kappa shape index (κ3) is 1.31. The van der Waals surface area contributed by atoms with E-state index < -0.39 is 0 Å². The average Bonchev–Trinajstić information content (AvgIpc) is 2.81. The van der Waals surface area contributed by atoms with Gasteiger partial charge in [-0.05, 0) is 12.1 Å². The van der Waals surface area contributed by atoms with Gasteiger partial charge in [0, 0.05) is 20.2 Å². The molecule has 0 amide bonds. The van der Waals surface area contributed by atoms with Crippen molar-refractivity contribution >= 4 is 48.0 Å². The Morgan fingerprint density at radius 3 is 2.50 bits per heavy atom. The molecule has 2 aromatic carbocycles. The Hall–Kier alpha value is -2.60. The van der Waals surface area contributed by atoms with Gasteiger partial charge in [-0.15, -0.1) is 11.3 Å². The number of nitrogen functional groups attached to an aromatic ring is 1. The first-order valence-electron chi connectivity index (χ1n) is 6.01. The number of H-pyrrole nitrogens is 2. The van der Waals surface area contributed by atoms with Gasteiger partial charge in [-0.1, -0.05) is 18.2 Å². The molecule has 0 fully saturated rings. The van der Waals surface area contributed by atoms with Crippen molar-refractivity contribution in [3.05, 3.63) is 51.0 Å². The second-order valence-electron chi connectivity index (χ2n) is 4.59. The number of nitrogens with one attached hydrogen (secondary N) is 2. The van der Waals surface area contributed by atoms with Gasteiger partial charge in [0.1, 0.15) is 0 Å². The molecule has 0 aliphatic heterocycles. The molecule has 0 bridgehead atoms. The number of benzene rings is 2. The van der Waals surface area contributed by atoms with Crippen molar-refractivity contribution in [3.63, 3.8) is 0 Å². The van der Waals surface area contributed by atoms with Crippen LogP contribution in [-0.2, 0) is 0 Å². The molecule has 4 aromatic rings. The quantitative estimate of drug-likeness (QED) is 0.432. The second kappa shape index (κ2) is 3.71. The van der Waals surface area contributed by atoms with Crippen molar-refractivity contribution in [1.82, 2.24) is 10.2 Å². The summed E-state index contributed by atoms with van der Waals surface area (Å²) in [5.41, 5.74) is 5.81. The summed E-state index contributed by atoms with van der Waals surface area (Å²) >= 11 is 1.56. The lowest BCUT2D eigenvalue weighted by Crippen LogP contribution is -2.19. The molecule has 2 heterocycles. The Morgan fingerprint density at radius 1 is 0.900 bits per heavy atom. The van der Waals surface area contributed by atoms with E-state index in [2.05, 4.69) is 10.2 Å². The lowest BCUT2D eigenvalue weighted by molar-refractivity contribution is 0.977. The Balaban J connectivity index is 2.42. The standard InChI is InChI=1S/C14H9N3O2S/c15-12-10-6-3-1-2-4-8(6)20-9(10)5-7-11(12)14(19)17-16-13(7)18/h1-5H,15H2,(H,16,18)(H,17,19). The molecular formula is C14H9N3O2S. The van der Waals surface area contributed by atoms with Crippen LogP contribution in [0, 0.1) is 0 Å². The highest BCUT2D eigenvalue weighted by atomic mass is 32.1. The molecule has 6 heteroatoms. The van der Waals surface area contributed by atoms with E-state index in [0.717, 1.165) is 20.2 Å². The number of aromatic nitrogens is 2. The van der Waals surface area contributed by atoms with Crippen LogP contribution >= 0.6 is 11.3 Å². The first kappa shape index (κ1) is 11.2. The van der Waals surface area contributed by atoms with Crippen molar-refractivity contribution in [2.75, 3.05) is 5.73 Å². The average molecular weight is 283 g/mol. The number of aromatic amines is 2. The summed E-state index contributed by atoms with van der Waals surface area (Å²) in [7, 11) is 0. The van der Waals surface area contributed by atoms with Gasteiger partial charge in [0.25, 0.3) is 11.1 Å². The summed E-state index contributed by atoms with van der Waals surface area (Å²) in [6, 6.07) is 9.59. The molecule has 0 spiro atoms. The van der Waals surface area contributed by atoms with E-state index in [0.29, 0.717) is 11.1 Å². The van der Waals surface area contributed by atoms with Gasteiger partial charge >= 0.3 is 0 Å². The van der Waals surface area contributed by atoms with Crippen LogP contribution in [0.4, 0.5) is 5.69 Å². The molecule has 0 aliphatic carbocycles. The summed E-state index contributed by atoms with van der Waals surface area (Å²) in [4.78, 5) is 23.8. The SMILES string of the molecule is Nc1c2c(=O)[nH][nH]c(=O)c2cc2sc3ccccc3c12. The molecule has 98 valence electrons. The second-order valence-corrected chi connectivity index (χ2v) is 5.68. The fourth-order valence-corrected chi connectivity index (χ4v) is 3.75. The van der Waals surface area contributed by atoms with Gasteiger partial charge in [-0.3, -0.25) is 19.8 Å². The number of hydrogen-bond donors (Lipinski definition) is 3. The van der Waals surface area contributed by atoms with Crippen LogP contribution in [0.15, 0.2) is 39.9 Å². The minimum Gasteiger partial charge on any atom is -0.398 e. The first-order valence-corrected chi connectivity index (χ1v) is 6.83. The molecule has 0 unspecified atom stereocenters. The van der Waals surface area contributed by atoms with Gasteiger partial charge in [-0.2, -0.15) is 0 Å². The van der Waals surface area contributed by atoms with Crippen molar-refractivity contribution in [2.24, 2.45) is 0 Å². The maximum Gasteiger partial charge on any atom is 0.272 e. The van der Waals surface area contributed by atoms with Gasteiger partial charge in [-0.25, -0.2) is 0 Å². The summed E-state index contributed by atoms with van der Waals surface area (Å²) in [5, 5.41) is 7.07.